The molecule has 1 atom stereocenters. The van der Waals surface area contributed by atoms with Crippen LogP contribution in [0.5, 0.6) is 5.75 Å². The molecule has 1 aromatic rings. The predicted molar refractivity (Wildman–Crippen MR) is 76.9 cm³/mol. The molecule has 6 nitrogen and oxygen atoms in total. The molecule has 0 aromatic carbocycles. The van der Waals surface area contributed by atoms with Gasteiger partial charge in [-0.2, -0.15) is 0 Å². The van der Waals surface area contributed by atoms with Crippen LogP contribution in [0.25, 0.3) is 0 Å². The van der Waals surface area contributed by atoms with E-state index in [1.807, 2.05) is 13.8 Å². The minimum atomic E-state index is 0.155. The van der Waals surface area contributed by atoms with Gasteiger partial charge in [0.25, 0.3) is 0 Å². The fourth-order valence-electron chi connectivity index (χ4n) is 1.61. The van der Waals surface area contributed by atoms with Gasteiger partial charge < -0.3 is 20.1 Å². The molecule has 1 rings (SSSR count). The minimum absolute atomic E-state index is 0.155. The summed E-state index contributed by atoms with van der Waals surface area (Å²) in [6.07, 6.45) is 2.55. The van der Waals surface area contributed by atoms with Gasteiger partial charge >= 0.3 is 0 Å². The van der Waals surface area contributed by atoms with Gasteiger partial charge in [-0.25, -0.2) is 9.97 Å². The van der Waals surface area contributed by atoms with Crippen LogP contribution in [0.4, 0.5) is 11.6 Å². The van der Waals surface area contributed by atoms with E-state index in [1.165, 1.54) is 6.33 Å². The van der Waals surface area contributed by atoms with Crippen molar-refractivity contribution in [3.63, 3.8) is 0 Å². The average molecular weight is 268 g/mol. The van der Waals surface area contributed by atoms with Gasteiger partial charge in [-0.3, -0.25) is 0 Å². The highest BCUT2D eigenvalue weighted by Gasteiger charge is 2.13. The lowest BCUT2D eigenvalue weighted by Gasteiger charge is -2.18. The lowest BCUT2D eigenvalue weighted by molar-refractivity contribution is 0.141. The largest absolute Gasteiger partial charge is 0.490 e. The lowest BCUT2D eigenvalue weighted by Crippen LogP contribution is -2.23. The molecule has 0 saturated heterocycles. The van der Waals surface area contributed by atoms with Gasteiger partial charge in [-0.1, -0.05) is 6.92 Å². The fraction of sp³-hybridized carbons (Fsp3) is 0.692. The second kappa shape index (κ2) is 8.53. The van der Waals surface area contributed by atoms with Gasteiger partial charge in [-0.15, -0.1) is 0 Å². The molecule has 0 aliphatic carbocycles. The molecular formula is C13H24N4O2. The van der Waals surface area contributed by atoms with Gasteiger partial charge in [0.1, 0.15) is 6.33 Å². The van der Waals surface area contributed by atoms with E-state index in [2.05, 4.69) is 27.5 Å². The molecule has 0 aliphatic rings. The highest BCUT2D eigenvalue weighted by atomic mass is 16.5. The SMILES string of the molecule is CCCNc1ncnc(NC(C)COCC)c1OC. The Balaban J connectivity index is 2.76. The normalized spacial score (nSPS) is 12.0. The zero-order chi connectivity index (χ0) is 14.1. The number of nitrogens with zero attached hydrogens (tertiary/aromatic N) is 2. The van der Waals surface area contributed by atoms with Crippen molar-refractivity contribution in [2.45, 2.75) is 33.2 Å². The second-order valence-corrected chi connectivity index (χ2v) is 4.24. The van der Waals surface area contributed by atoms with Gasteiger partial charge in [0.2, 0.25) is 5.75 Å². The molecule has 1 unspecified atom stereocenters. The molecule has 19 heavy (non-hydrogen) atoms. The maximum absolute atomic E-state index is 5.39. The summed E-state index contributed by atoms with van der Waals surface area (Å²) in [5, 5.41) is 6.50. The third kappa shape index (κ3) is 4.90. The number of nitrogens with one attached hydrogen (secondary N) is 2. The molecule has 1 aromatic heterocycles. The summed E-state index contributed by atoms with van der Waals surface area (Å²) in [7, 11) is 1.62. The number of methoxy groups -OCH3 is 1. The van der Waals surface area contributed by atoms with Gasteiger partial charge in [0.15, 0.2) is 11.6 Å². The third-order valence-corrected chi connectivity index (χ3v) is 2.51. The van der Waals surface area contributed by atoms with Crippen LogP contribution in [0.2, 0.25) is 0 Å². The van der Waals surface area contributed by atoms with Crippen LogP contribution in [0.15, 0.2) is 6.33 Å². The van der Waals surface area contributed by atoms with Crippen LogP contribution < -0.4 is 15.4 Å². The summed E-state index contributed by atoms with van der Waals surface area (Å²) in [6, 6.07) is 0.155. The van der Waals surface area contributed by atoms with E-state index in [-0.39, 0.29) is 6.04 Å². The Hall–Kier alpha value is -1.56. The van der Waals surface area contributed by atoms with Crippen molar-refractivity contribution < 1.29 is 9.47 Å². The number of hydrogen-bond donors (Lipinski definition) is 2. The molecule has 0 amide bonds. The van der Waals surface area contributed by atoms with E-state index in [9.17, 15) is 0 Å². The highest BCUT2D eigenvalue weighted by Crippen LogP contribution is 2.29. The summed E-state index contributed by atoms with van der Waals surface area (Å²) in [6.45, 7) is 8.30. The fourth-order valence-corrected chi connectivity index (χ4v) is 1.61. The molecule has 1 heterocycles. The quantitative estimate of drug-likeness (QED) is 0.715. The first-order valence-corrected chi connectivity index (χ1v) is 6.70. The highest BCUT2D eigenvalue weighted by molar-refractivity contribution is 5.63. The van der Waals surface area contributed by atoms with Crippen molar-refractivity contribution in [3.8, 4) is 5.75 Å². The maximum atomic E-state index is 5.39. The smallest absolute Gasteiger partial charge is 0.204 e. The van der Waals surface area contributed by atoms with Crippen LogP contribution in [0, 0.1) is 0 Å². The molecular weight excluding hydrogens is 244 g/mol. The minimum Gasteiger partial charge on any atom is -0.490 e. The first kappa shape index (κ1) is 15.5. The van der Waals surface area contributed by atoms with E-state index in [4.69, 9.17) is 9.47 Å². The first-order chi connectivity index (χ1) is 9.22. The molecule has 0 saturated carbocycles. The molecule has 2 N–H and O–H groups in total. The first-order valence-electron chi connectivity index (χ1n) is 6.70. The van der Waals surface area contributed by atoms with Crippen LogP contribution in [0.1, 0.15) is 27.2 Å². The zero-order valence-corrected chi connectivity index (χ0v) is 12.2. The van der Waals surface area contributed by atoms with Crippen LogP contribution >= 0.6 is 0 Å². The van der Waals surface area contributed by atoms with E-state index in [0.717, 1.165) is 13.0 Å². The molecule has 0 aliphatic heterocycles. The van der Waals surface area contributed by atoms with Gasteiger partial charge in [-0.05, 0) is 20.3 Å². The summed E-state index contributed by atoms with van der Waals surface area (Å²) in [5.74, 6) is 2.04. The third-order valence-electron chi connectivity index (χ3n) is 2.51. The van der Waals surface area contributed by atoms with Crippen LogP contribution in [0.3, 0.4) is 0 Å². The number of aromatic nitrogens is 2. The summed E-state index contributed by atoms with van der Waals surface area (Å²) in [4.78, 5) is 8.42. The molecule has 0 spiro atoms. The number of hydrogen-bond acceptors (Lipinski definition) is 6. The predicted octanol–water partition coefficient (Wildman–Crippen LogP) is 2.14. The van der Waals surface area contributed by atoms with Gasteiger partial charge in [0, 0.05) is 19.2 Å². The summed E-state index contributed by atoms with van der Waals surface area (Å²) in [5.41, 5.74) is 0. The Morgan fingerprint density at radius 1 is 1.26 bits per heavy atom. The summed E-state index contributed by atoms with van der Waals surface area (Å²) < 4.78 is 10.8. The Morgan fingerprint density at radius 3 is 2.63 bits per heavy atom. The van der Waals surface area contributed by atoms with E-state index in [1.54, 1.807) is 7.11 Å². The maximum Gasteiger partial charge on any atom is 0.204 e. The average Bonchev–Trinajstić information content (AvgIpc) is 2.43. The number of rotatable bonds is 9. The number of anilines is 2. The topological polar surface area (TPSA) is 68.3 Å². The number of ether oxygens (including phenoxy) is 2. The Morgan fingerprint density at radius 2 is 2.00 bits per heavy atom. The Labute approximate surface area is 114 Å². The lowest BCUT2D eigenvalue weighted by atomic mass is 10.3. The van der Waals surface area contributed by atoms with Crippen molar-refractivity contribution in [1.29, 1.82) is 0 Å². The molecule has 108 valence electrons. The van der Waals surface area contributed by atoms with E-state index < -0.39 is 0 Å². The monoisotopic (exact) mass is 268 g/mol. The molecule has 0 bridgehead atoms. The Kier molecular flexibility index (Phi) is 6.95. The van der Waals surface area contributed by atoms with Crippen molar-refractivity contribution >= 4 is 11.6 Å². The molecule has 0 radical (unpaired) electrons. The van der Waals surface area contributed by atoms with Crippen LogP contribution in [-0.4, -0.2) is 42.9 Å². The van der Waals surface area contributed by atoms with E-state index >= 15 is 0 Å². The summed E-state index contributed by atoms with van der Waals surface area (Å²) >= 11 is 0. The van der Waals surface area contributed by atoms with Crippen molar-refractivity contribution in [2.24, 2.45) is 0 Å². The molecule has 6 heteroatoms. The molecule has 0 fully saturated rings. The van der Waals surface area contributed by atoms with Crippen molar-refractivity contribution in [1.82, 2.24) is 9.97 Å². The van der Waals surface area contributed by atoms with Gasteiger partial charge in [0.05, 0.1) is 13.7 Å². The standard InChI is InChI=1S/C13H24N4O2/c1-5-7-14-12-11(18-4)13(16-9-15-12)17-10(3)8-19-6-2/h9-10H,5-8H2,1-4H3,(H2,14,15,16,17). The van der Waals surface area contributed by atoms with Crippen molar-refractivity contribution in [3.05, 3.63) is 6.33 Å². The van der Waals surface area contributed by atoms with Crippen LogP contribution in [-0.2, 0) is 4.74 Å². The Bertz CT molecular complexity index is 374. The van der Waals surface area contributed by atoms with E-state index in [0.29, 0.717) is 30.6 Å². The van der Waals surface area contributed by atoms with Crippen molar-refractivity contribution in [2.75, 3.05) is 37.5 Å². The zero-order valence-electron chi connectivity index (χ0n) is 12.2. The second-order valence-electron chi connectivity index (χ2n) is 4.24.